The molecule has 1 aliphatic carbocycles. The van der Waals surface area contributed by atoms with Crippen LogP contribution in [0.1, 0.15) is 31.0 Å². The molecule has 0 atom stereocenters. The van der Waals surface area contributed by atoms with Crippen LogP contribution < -0.4 is 15.0 Å². The highest BCUT2D eigenvalue weighted by Crippen LogP contribution is 2.35. The Kier molecular flexibility index (Phi) is 5.85. The van der Waals surface area contributed by atoms with Gasteiger partial charge in [0.2, 0.25) is 15.9 Å². The quantitative estimate of drug-likeness (QED) is 0.660. The molecule has 10 heteroatoms. The van der Waals surface area contributed by atoms with Gasteiger partial charge in [0.05, 0.1) is 18.0 Å². The highest BCUT2D eigenvalue weighted by molar-refractivity contribution is 7.89. The first-order chi connectivity index (χ1) is 14.7. The number of rotatable bonds is 8. The zero-order valence-corrected chi connectivity index (χ0v) is 17.9. The number of carbonyl (C=O) groups is 1. The van der Waals surface area contributed by atoms with Gasteiger partial charge in [0.25, 0.3) is 5.56 Å². The van der Waals surface area contributed by atoms with Crippen molar-refractivity contribution >= 4 is 15.9 Å². The van der Waals surface area contributed by atoms with E-state index in [9.17, 15) is 22.4 Å². The highest BCUT2D eigenvalue weighted by Gasteiger charge is 2.32. The van der Waals surface area contributed by atoms with Gasteiger partial charge >= 0.3 is 0 Å². The lowest BCUT2D eigenvalue weighted by atomic mass is 10.1. The number of pyridine rings is 1. The molecular weight excluding hydrogens is 425 g/mol. The number of aryl methyl sites for hydroxylation is 1. The maximum Gasteiger partial charge on any atom is 0.254 e. The Morgan fingerprint density at radius 1 is 1.23 bits per heavy atom. The molecule has 0 bridgehead atoms. The summed E-state index contributed by atoms with van der Waals surface area (Å²) in [6, 6.07) is 8.30. The Bertz CT molecular complexity index is 1150. The van der Waals surface area contributed by atoms with Gasteiger partial charge in [-0.25, -0.2) is 17.5 Å². The van der Waals surface area contributed by atoms with Crippen LogP contribution in [0.4, 0.5) is 4.39 Å². The third-order valence-electron chi connectivity index (χ3n) is 5.39. The number of aromatic nitrogens is 1. The van der Waals surface area contributed by atoms with Crippen LogP contribution in [0.5, 0.6) is 5.75 Å². The second-order valence-corrected chi connectivity index (χ2v) is 9.68. The topological polar surface area (TPSA) is 97.7 Å². The van der Waals surface area contributed by atoms with Crippen LogP contribution in [-0.4, -0.2) is 49.5 Å². The van der Waals surface area contributed by atoms with Gasteiger partial charge in [0, 0.05) is 30.8 Å². The number of nitrogens with zero attached hydrogens (tertiary/aromatic N) is 2. The number of sulfonamides is 1. The zero-order valence-electron chi connectivity index (χ0n) is 17.1. The SMILES string of the molecule is Cc1cc(OC2CN(C(=O)CCNS(=O)(=O)c3cccc(F)c3)C2)cc(=O)n1C1CC1. The van der Waals surface area contributed by atoms with Gasteiger partial charge in [-0.15, -0.1) is 0 Å². The molecule has 0 spiro atoms. The molecular formula is C21H24FN3O5S. The summed E-state index contributed by atoms with van der Waals surface area (Å²) in [5.74, 6) is -0.355. The molecule has 1 aromatic heterocycles. The van der Waals surface area contributed by atoms with E-state index < -0.39 is 15.8 Å². The fraction of sp³-hybridized carbons (Fsp3) is 0.429. The van der Waals surface area contributed by atoms with Gasteiger partial charge in [-0.05, 0) is 44.0 Å². The molecule has 0 unspecified atom stereocenters. The van der Waals surface area contributed by atoms with Gasteiger partial charge < -0.3 is 14.2 Å². The second kappa shape index (κ2) is 8.43. The van der Waals surface area contributed by atoms with Gasteiger partial charge in [0.15, 0.2) is 0 Å². The lowest BCUT2D eigenvalue weighted by Gasteiger charge is -2.39. The Morgan fingerprint density at radius 3 is 2.61 bits per heavy atom. The van der Waals surface area contributed by atoms with E-state index in [1.807, 2.05) is 13.0 Å². The molecule has 4 rings (SSSR count). The normalized spacial score (nSPS) is 16.8. The Hall–Kier alpha value is -2.72. The number of hydrogen-bond acceptors (Lipinski definition) is 5. The summed E-state index contributed by atoms with van der Waals surface area (Å²) in [4.78, 5) is 25.9. The van der Waals surface area contributed by atoms with Crippen LogP contribution in [0.25, 0.3) is 0 Å². The molecule has 2 fully saturated rings. The third kappa shape index (κ3) is 4.96. The molecule has 1 saturated carbocycles. The smallest absolute Gasteiger partial charge is 0.254 e. The van der Waals surface area contributed by atoms with Crippen molar-refractivity contribution in [3.05, 3.63) is 58.3 Å². The first kappa shape index (κ1) is 21.5. The van der Waals surface area contributed by atoms with E-state index in [0.717, 1.165) is 30.7 Å². The van der Waals surface area contributed by atoms with E-state index in [0.29, 0.717) is 24.9 Å². The van der Waals surface area contributed by atoms with E-state index >= 15 is 0 Å². The molecule has 1 aliphatic heterocycles. The minimum absolute atomic E-state index is 0.0161. The summed E-state index contributed by atoms with van der Waals surface area (Å²) < 4.78 is 47.4. The first-order valence-corrected chi connectivity index (χ1v) is 11.6. The highest BCUT2D eigenvalue weighted by atomic mass is 32.2. The summed E-state index contributed by atoms with van der Waals surface area (Å²) in [6.07, 6.45) is 1.83. The third-order valence-corrected chi connectivity index (χ3v) is 6.85. The molecule has 1 aromatic carbocycles. The average molecular weight is 450 g/mol. The predicted octanol–water partition coefficient (Wildman–Crippen LogP) is 1.59. The van der Waals surface area contributed by atoms with Crippen molar-refractivity contribution in [3.63, 3.8) is 0 Å². The van der Waals surface area contributed by atoms with Gasteiger partial charge in [-0.1, -0.05) is 6.07 Å². The van der Waals surface area contributed by atoms with Gasteiger partial charge in [-0.2, -0.15) is 0 Å². The number of nitrogens with one attached hydrogen (secondary N) is 1. The maximum absolute atomic E-state index is 13.2. The van der Waals surface area contributed by atoms with Gasteiger partial charge in [0.1, 0.15) is 17.7 Å². The van der Waals surface area contributed by atoms with Crippen molar-refractivity contribution < 1.29 is 22.3 Å². The largest absolute Gasteiger partial charge is 0.486 e. The molecule has 2 aliphatic rings. The molecule has 1 amide bonds. The van der Waals surface area contributed by atoms with Crippen LogP contribution >= 0.6 is 0 Å². The van der Waals surface area contributed by atoms with Crippen molar-refractivity contribution in [3.8, 4) is 5.75 Å². The standard InChI is InChI=1S/C21H24FN3O5S/c1-14-9-17(11-21(27)25(14)16-5-6-16)30-18-12-24(13-18)20(26)7-8-23-31(28,29)19-4-2-3-15(22)10-19/h2-4,9-11,16,18,23H,5-8,12-13H2,1H3. The minimum Gasteiger partial charge on any atom is -0.486 e. The Morgan fingerprint density at radius 2 is 1.97 bits per heavy atom. The fourth-order valence-corrected chi connectivity index (χ4v) is 4.69. The molecule has 0 radical (unpaired) electrons. The van der Waals surface area contributed by atoms with Crippen LogP contribution in [0.2, 0.25) is 0 Å². The number of carbonyl (C=O) groups excluding carboxylic acids is 1. The van der Waals surface area contributed by atoms with E-state index in [-0.39, 0.29) is 35.4 Å². The van der Waals surface area contributed by atoms with Crippen LogP contribution in [0.15, 0.2) is 46.1 Å². The van der Waals surface area contributed by atoms with Crippen molar-refractivity contribution in [2.75, 3.05) is 19.6 Å². The summed E-state index contributed by atoms with van der Waals surface area (Å²) in [5, 5.41) is 0. The lowest BCUT2D eigenvalue weighted by molar-refractivity contribution is -0.139. The van der Waals surface area contributed by atoms with E-state index in [2.05, 4.69) is 4.72 Å². The number of benzene rings is 1. The van der Waals surface area contributed by atoms with Crippen molar-refractivity contribution in [2.24, 2.45) is 0 Å². The van der Waals surface area contributed by atoms with E-state index in [4.69, 9.17) is 4.74 Å². The van der Waals surface area contributed by atoms with Crippen molar-refractivity contribution in [1.82, 2.24) is 14.2 Å². The Balaban J connectivity index is 1.23. The number of halogens is 1. The van der Waals surface area contributed by atoms with Gasteiger partial charge in [-0.3, -0.25) is 9.59 Å². The number of likely N-dealkylation sites (tertiary alicyclic amines) is 1. The number of hydrogen-bond donors (Lipinski definition) is 1. The number of ether oxygens (including phenoxy) is 1. The van der Waals surface area contributed by atoms with E-state index in [1.165, 1.54) is 18.2 Å². The molecule has 2 heterocycles. The summed E-state index contributed by atoms with van der Waals surface area (Å²) >= 11 is 0. The molecule has 1 saturated heterocycles. The summed E-state index contributed by atoms with van der Waals surface area (Å²) in [5.41, 5.74) is 0.790. The molecule has 166 valence electrons. The molecule has 8 nitrogen and oxygen atoms in total. The molecule has 31 heavy (non-hydrogen) atoms. The molecule has 1 N–H and O–H groups in total. The maximum atomic E-state index is 13.2. The number of amides is 1. The Labute approximate surface area is 179 Å². The predicted molar refractivity (Wildman–Crippen MR) is 111 cm³/mol. The first-order valence-electron chi connectivity index (χ1n) is 10.2. The monoisotopic (exact) mass is 449 g/mol. The lowest BCUT2D eigenvalue weighted by Crippen LogP contribution is -2.56. The average Bonchev–Trinajstić information content (AvgIpc) is 3.48. The second-order valence-electron chi connectivity index (χ2n) is 7.92. The van der Waals surface area contributed by atoms with E-state index in [1.54, 1.807) is 9.47 Å². The van der Waals surface area contributed by atoms with Crippen LogP contribution in [0.3, 0.4) is 0 Å². The van der Waals surface area contributed by atoms with Crippen molar-refractivity contribution in [1.29, 1.82) is 0 Å². The molecule has 2 aromatic rings. The van der Waals surface area contributed by atoms with Crippen molar-refractivity contribution in [2.45, 2.75) is 43.2 Å². The summed E-state index contributed by atoms with van der Waals surface area (Å²) in [6.45, 7) is 2.55. The summed E-state index contributed by atoms with van der Waals surface area (Å²) in [7, 11) is -3.87. The van der Waals surface area contributed by atoms with Crippen LogP contribution in [0, 0.1) is 12.7 Å². The fourth-order valence-electron chi connectivity index (χ4n) is 3.63. The minimum atomic E-state index is -3.87. The zero-order chi connectivity index (χ0) is 22.2. The van der Waals surface area contributed by atoms with Crippen LogP contribution in [-0.2, 0) is 14.8 Å².